The summed E-state index contributed by atoms with van der Waals surface area (Å²) in [4.78, 5) is 37.7. The Balaban J connectivity index is 1.69. The van der Waals surface area contributed by atoms with E-state index in [2.05, 4.69) is 5.32 Å². The number of carboxylic acid groups (broad SMARTS) is 1. The predicted octanol–water partition coefficient (Wildman–Crippen LogP) is 1.82. The highest BCUT2D eigenvalue weighted by Gasteiger charge is 2.39. The number of carboxylic acids is 1. The molecule has 7 nitrogen and oxygen atoms in total. The first-order chi connectivity index (χ1) is 13.5. The summed E-state index contributed by atoms with van der Waals surface area (Å²) < 4.78 is 5.47. The quantitative estimate of drug-likeness (QED) is 0.795. The minimum Gasteiger partial charge on any atom is -0.478 e. The molecule has 2 amide bonds. The van der Waals surface area contributed by atoms with Crippen LogP contribution >= 0.6 is 0 Å². The third-order valence-corrected chi connectivity index (χ3v) is 4.70. The zero-order valence-electron chi connectivity index (χ0n) is 15.5. The Labute approximate surface area is 162 Å². The van der Waals surface area contributed by atoms with Crippen molar-refractivity contribution < 1.29 is 24.2 Å². The van der Waals surface area contributed by atoms with Gasteiger partial charge in [-0.1, -0.05) is 42.5 Å². The van der Waals surface area contributed by atoms with Gasteiger partial charge in [0.05, 0.1) is 11.7 Å². The molecular weight excluding hydrogens is 360 g/mol. The van der Waals surface area contributed by atoms with Gasteiger partial charge in [0, 0.05) is 13.1 Å². The summed E-state index contributed by atoms with van der Waals surface area (Å²) in [7, 11) is 0. The van der Waals surface area contributed by atoms with E-state index >= 15 is 0 Å². The zero-order valence-corrected chi connectivity index (χ0v) is 15.5. The maximum atomic E-state index is 12.8. The Hall–Kier alpha value is -3.19. The number of morpholine rings is 1. The van der Waals surface area contributed by atoms with Crippen LogP contribution in [0.5, 0.6) is 0 Å². The summed E-state index contributed by atoms with van der Waals surface area (Å²) in [6.07, 6.45) is -0.434. The first-order valence-corrected chi connectivity index (χ1v) is 9.00. The van der Waals surface area contributed by atoms with Crippen molar-refractivity contribution in [3.63, 3.8) is 0 Å². The number of carbonyl (C=O) groups is 3. The summed E-state index contributed by atoms with van der Waals surface area (Å²) in [6.45, 7) is 2.29. The molecule has 2 atom stereocenters. The van der Waals surface area contributed by atoms with E-state index in [-0.39, 0.29) is 30.5 Å². The Morgan fingerprint density at radius 3 is 2.43 bits per heavy atom. The second-order valence-corrected chi connectivity index (χ2v) is 6.69. The number of hydrogen-bond donors (Lipinski definition) is 2. The fraction of sp³-hybridized carbons (Fsp3) is 0.286. The van der Waals surface area contributed by atoms with Crippen molar-refractivity contribution in [1.29, 1.82) is 0 Å². The van der Waals surface area contributed by atoms with Gasteiger partial charge in [0.25, 0.3) is 0 Å². The molecule has 28 heavy (non-hydrogen) atoms. The average molecular weight is 382 g/mol. The van der Waals surface area contributed by atoms with Crippen molar-refractivity contribution in [2.24, 2.45) is 0 Å². The minimum absolute atomic E-state index is 0.0472. The normalized spacial score (nSPS) is 19.3. The van der Waals surface area contributed by atoms with Crippen molar-refractivity contribution in [2.75, 3.05) is 6.61 Å². The second kappa shape index (κ2) is 8.67. The fourth-order valence-electron chi connectivity index (χ4n) is 3.17. The number of ether oxygens (including phenoxy) is 1. The smallest absolute Gasteiger partial charge is 0.335 e. The number of nitrogens with one attached hydrogen (secondary N) is 1. The molecule has 146 valence electrons. The number of benzene rings is 2. The lowest BCUT2D eigenvalue weighted by molar-refractivity contribution is -0.163. The van der Waals surface area contributed by atoms with Gasteiger partial charge in [-0.05, 0) is 30.2 Å². The molecule has 2 aromatic carbocycles. The lowest BCUT2D eigenvalue weighted by atomic mass is 10.1. The third-order valence-electron chi connectivity index (χ3n) is 4.70. The van der Waals surface area contributed by atoms with E-state index in [1.54, 1.807) is 24.0 Å². The van der Waals surface area contributed by atoms with E-state index in [4.69, 9.17) is 9.84 Å². The van der Waals surface area contributed by atoms with Crippen LogP contribution in [0.25, 0.3) is 0 Å². The molecule has 1 saturated heterocycles. The Bertz CT molecular complexity index is 851. The van der Waals surface area contributed by atoms with Gasteiger partial charge in [-0.3, -0.25) is 9.59 Å². The summed E-state index contributed by atoms with van der Waals surface area (Å²) in [6, 6.07) is 15.0. The molecule has 2 aromatic rings. The standard InChI is InChI=1S/C21H22N2O5/c1-14-19(20(25)22-11-15-7-9-17(10-8-15)21(26)27)23(18(24)13-28-14)12-16-5-3-2-4-6-16/h2-10,14,19H,11-13H2,1H3,(H,22,25)(H,26,27)/t14-,19+/m1/s1. The van der Waals surface area contributed by atoms with E-state index in [9.17, 15) is 14.4 Å². The lowest BCUT2D eigenvalue weighted by Gasteiger charge is -2.38. The van der Waals surface area contributed by atoms with Crippen LogP contribution in [0.2, 0.25) is 0 Å². The first-order valence-electron chi connectivity index (χ1n) is 9.00. The molecule has 0 saturated carbocycles. The van der Waals surface area contributed by atoms with E-state index in [1.807, 2.05) is 30.3 Å². The molecule has 0 unspecified atom stereocenters. The largest absolute Gasteiger partial charge is 0.478 e. The molecule has 0 radical (unpaired) electrons. The van der Waals surface area contributed by atoms with Crippen molar-refractivity contribution in [3.8, 4) is 0 Å². The SMILES string of the molecule is C[C@H]1OCC(=O)N(Cc2ccccc2)[C@@H]1C(=O)NCc1ccc(C(=O)O)cc1. The van der Waals surface area contributed by atoms with E-state index in [1.165, 1.54) is 12.1 Å². The molecule has 0 aromatic heterocycles. The summed E-state index contributed by atoms with van der Waals surface area (Å²) in [5, 5.41) is 11.8. The maximum Gasteiger partial charge on any atom is 0.335 e. The summed E-state index contributed by atoms with van der Waals surface area (Å²) >= 11 is 0. The van der Waals surface area contributed by atoms with Crippen molar-refractivity contribution in [1.82, 2.24) is 10.2 Å². The Kier molecular flexibility index (Phi) is 6.06. The topological polar surface area (TPSA) is 95.9 Å². The Morgan fingerprint density at radius 2 is 1.79 bits per heavy atom. The van der Waals surface area contributed by atoms with Crippen LogP contribution in [0.4, 0.5) is 0 Å². The van der Waals surface area contributed by atoms with Gasteiger partial charge in [-0.15, -0.1) is 0 Å². The number of nitrogens with zero attached hydrogens (tertiary/aromatic N) is 1. The lowest BCUT2D eigenvalue weighted by Crippen LogP contribution is -2.59. The highest BCUT2D eigenvalue weighted by molar-refractivity contribution is 5.90. The Morgan fingerprint density at radius 1 is 1.11 bits per heavy atom. The van der Waals surface area contributed by atoms with Gasteiger partial charge in [0.1, 0.15) is 12.6 Å². The van der Waals surface area contributed by atoms with Crippen LogP contribution in [-0.4, -0.2) is 46.5 Å². The van der Waals surface area contributed by atoms with Crippen molar-refractivity contribution in [3.05, 3.63) is 71.3 Å². The van der Waals surface area contributed by atoms with Crippen LogP contribution in [0.1, 0.15) is 28.4 Å². The highest BCUT2D eigenvalue weighted by Crippen LogP contribution is 2.19. The molecule has 1 fully saturated rings. The number of amides is 2. The molecular formula is C21H22N2O5. The third kappa shape index (κ3) is 4.55. The van der Waals surface area contributed by atoms with Gasteiger partial charge >= 0.3 is 5.97 Å². The number of carbonyl (C=O) groups excluding carboxylic acids is 2. The molecule has 7 heteroatoms. The molecule has 1 heterocycles. The van der Waals surface area contributed by atoms with E-state index in [0.29, 0.717) is 6.54 Å². The summed E-state index contributed by atoms with van der Waals surface area (Å²) in [5.41, 5.74) is 1.89. The van der Waals surface area contributed by atoms with Crippen LogP contribution in [-0.2, 0) is 27.4 Å². The molecule has 1 aliphatic rings. The molecule has 0 aliphatic carbocycles. The van der Waals surface area contributed by atoms with Crippen molar-refractivity contribution in [2.45, 2.75) is 32.2 Å². The van der Waals surface area contributed by atoms with Gasteiger partial charge in [0.2, 0.25) is 11.8 Å². The van der Waals surface area contributed by atoms with Crippen LogP contribution in [0.3, 0.4) is 0 Å². The molecule has 0 bridgehead atoms. The van der Waals surface area contributed by atoms with E-state index < -0.39 is 18.1 Å². The zero-order chi connectivity index (χ0) is 20.1. The monoisotopic (exact) mass is 382 g/mol. The van der Waals surface area contributed by atoms with Gasteiger partial charge < -0.3 is 20.1 Å². The fourth-order valence-corrected chi connectivity index (χ4v) is 3.17. The number of hydrogen-bond acceptors (Lipinski definition) is 4. The van der Waals surface area contributed by atoms with Crippen LogP contribution in [0, 0.1) is 0 Å². The molecule has 3 rings (SSSR count). The minimum atomic E-state index is -1.00. The number of rotatable bonds is 6. The van der Waals surface area contributed by atoms with Gasteiger partial charge in [-0.2, -0.15) is 0 Å². The average Bonchev–Trinajstić information content (AvgIpc) is 2.70. The van der Waals surface area contributed by atoms with Crippen molar-refractivity contribution >= 4 is 17.8 Å². The summed E-state index contributed by atoms with van der Waals surface area (Å²) in [5.74, 6) is -1.54. The van der Waals surface area contributed by atoms with E-state index in [0.717, 1.165) is 11.1 Å². The number of aromatic carboxylic acids is 1. The highest BCUT2D eigenvalue weighted by atomic mass is 16.5. The van der Waals surface area contributed by atoms with Crippen LogP contribution < -0.4 is 5.32 Å². The molecule has 0 spiro atoms. The van der Waals surface area contributed by atoms with Crippen LogP contribution in [0.15, 0.2) is 54.6 Å². The maximum absolute atomic E-state index is 12.8. The first kappa shape index (κ1) is 19.6. The molecule has 2 N–H and O–H groups in total. The van der Waals surface area contributed by atoms with Gasteiger partial charge in [0.15, 0.2) is 0 Å². The van der Waals surface area contributed by atoms with Gasteiger partial charge in [-0.25, -0.2) is 4.79 Å². The second-order valence-electron chi connectivity index (χ2n) is 6.69. The molecule has 1 aliphatic heterocycles. The predicted molar refractivity (Wildman–Crippen MR) is 101 cm³/mol.